The first-order valence-corrected chi connectivity index (χ1v) is 6.62. The Morgan fingerprint density at radius 1 is 1.53 bits per heavy atom. The number of rotatable bonds is 5. The standard InChI is InChI=1S/C12H16N4S/c1-2-8-3-4-9-10(7-8)16-12(15-9)17-6-5-11(13)14/h3-4,7H,2,5-6H2,1H3,(H3,13,14)(H,15,16). The molecule has 0 aliphatic carbocycles. The maximum atomic E-state index is 7.15. The first kappa shape index (κ1) is 12.0. The van der Waals surface area contributed by atoms with Crippen molar-refractivity contribution in [3.8, 4) is 0 Å². The predicted molar refractivity (Wildman–Crippen MR) is 72.7 cm³/mol. The maximum Gasteiger partial charge on any atom is 0.166 e. The van der Waals surface area contributed by atoms with Crippen molar-refractivity contribution in [2.24, 2.45) is 5.73 Å². The van der Waals surface area contributed by atoms with E-state index in [-0.39, 0.29) is 5.84 Å². The molecule has 0 amide bonds. The van der Waals surface area contributed by atoms with Crippen molar-refractivity contribution in [2.45, 2.75) is 24.9 Å². The van der Waals surface area contributed by atoms with E-state index >= 15 is 0 Å². The monoisotopic (exact) mass is 248 g/mol. The van der Waals surface area contributed by atoms with Gasteiger partial charge in [-0.05, 0) is 24.1 Å². The zero-order valence-corrected chi connectivity index (χ0v) is 10.6. The van der Waals surface area contributed by atoms with E-state index in [1.54, 1.807) is 11.8 Å². The summed E-state index contributed by atoms with van der Waals surface area (Å²) in [5.74, 6) is 1.01. The molecule has 90 valence electrons. The second-order valence-corrected chi connectivity index (χ2v) is 4.95. The minimum Gasteiger partial charge on any atom is -0.388 e. The number of hydrogen-bond donors (Lipinski definition) is 3. The van der Waals surface area contributed by atoms with Crippen LogP contribution in [0.2, 0.25) is 0 Å². The number of aromatic nitrogens is 2. The molecule has 5 heteroatoms. The molecule has 1 aromatic carbocycles. The Morgan fingerprint density at radius 2 is 2.35 bits per heavy atom. The number of H-pyrrole nitrogens is 1. The average molecular weight is 248 g/mol. The summed E-state index contributed by atoms with van der Waals surface area (Å²) in [5.41, 5.74) is 8.69. The third-order valence-corrected chi connectivity index (χ3v) is 3.42. The van der Waals surface area contributed by atoms with Gasteiger partial charge in [0.15, 0.2) is 5.16 Å². The summed E-state index contributed by atoms with van der Waals surface area (Å²) in [7, 11) is 0. The molecule has 0 unspecified atom stereocenters. The molecule has 0 aliphatic heterocycles. The SMILES string of the molecule is CCc1ccc2nc(SCCC(=N)N)[nH]c2c1. The molecule has 2 aromatic rings. The van der Waals surface area contributed by atoms with Gasteiger partial charge in [0.1, 0.15) is 0 Å². The van der Waals surface area contributed by atoms with Crippen LogP contribution in [0, 0.1) is 5.41 Å². The van der Waals surface area contributed by atoms with Crippen LogP contribution in [-0.2, 0) is 6.42 Å². The van der Waals surface area contributed by atoms with Gasteiger partial charge in [-0.3, -0.25) is 5.41 Å². The molecule has 0 spiro atoms. The van der Waals surface area contributed by atoms with E-state index in [0.29, 0.717) is 6.42 Å². The van der Waals surface area contributed by atoms with Gasteiger partial charge in [-0.2, -0.15) is 0 Å². The van der Waals surface area contributed by atoms with E-state index < -0.39 is 0 Å². The van der Waals surface area contributed by atoms with Crippen LogP contribution in [0.4, 0.5) is 0 Å². The highest BCUT2D eigenvalue weighted by Crippen LogP contribution is 2.21. The number of benzene rings is 1. The van der Waals surface area contributed by atoms with E-state index in [1.165, 1.54) is 5.56 Å². The van der Waals surface area contributed by atoms with Crippen LogP contribution < -0.4 is 5.73 Å². The first-order chi connectivity index (χ1) is 8.19. The molecule has 17 heavy (non-hydrogen) atoms. The number of aryl methyl sites for hydroxylation is 1. The molecule has 4 N–H and O–H groups in total. The van der Waals surface area contributed by atoms with Gasteiger partial charge < -0.3 is 10.7 Å². The number of nitrogens with zero attached hydrogens (tertiary/aromatic N) is 1. The number of hydrogen-bond acceptors (Lipinski definition) is 3. The smallest absolute Gasteiger partial charge is 0.166 e. The van der Waals surface area contributed by atoms with Crippen molar-refractivity contribution in [2.75, 3.05) is 5.75 Å². The van der Waals surface area contributed by atoms with Crippen molar-refractivity contribution < 1.29 is 0 Å². The molecular formula is C12H16N4S. The summed E-state index contributed by atoms with van der Waals surface area (Å²) in [6.45, 7) is 2.14. The average Bonchev–Trinajstić information content (AvgIpc) is 2.69. The van der Waals surface area contributed by atoms with Crippen molar-refractivity contribution >= 4 is 28.6 Å². The molecule has 1 aromatic heterocycles. The van der Waals surface area contributed by atoms with E-state index in [2.05, 4.69) is 29.0 Å². The highest BCUT2D eigenvalue weighted by Gasteiger charge is 2.04. The molecule has 2 rings (SSSR count). The second-order valence-electron chi connectivity index (χ2n) is 3.87. The maximum absolute atomic E-state index is 7.15. The minimum atomic E-state index is 0.224. The Balaban J connectivity index is 2.11. The molecule has 0 saturated heterocycles. The molecule has 0 radical (unpaired) electrons. The lowest BCUT2D eigenvalue weighted by molar-refractivity contribution is 1.07. The Morgan fingerprint density at radius 3 is 3.06 bits per heavy atom. The zero-order chi connectivity index (χ0) is 12.3. The lowest BCUT2D eigenvalue weighted by Crippen LogP contribution is -2.09. The van der Waals surface area contributed by atoms with Crippen LogP contribution in [0.25, 0.3) is 11.0 Å². The Bertz CT molecular complexity index is 532. The van der Waals surface area contributed by atoms with Gasteiger partial charge in [-0.1, -0.05) is 24.8 Å². The number of nitrogens with two attached hydrogens (primary N) is 1. The quantitative estimate of drug-likeness (QED) is 0.432. The molecule has 0 fully saturated rings. The summed E-state index contributed by atoms with van der Waals surface area (Å²) in [6.07, 6.45) is 1.63. The van der Waals surface area contributed by atoms with Gasteiger partial charge in [-0.25, -0.2) is 4.98 Å². The van der Waals surface area contributed by atoms with Crippen molar-refractivity contribution in [3.05, 3.63) is 23.8 Å². The third kappa shape index (κ3) is 3.00. The predicted octanol–water partition coefficient (Wildman–Crippen LogP) is 2.54. The summed E-state index contributed by atoms with van der Waals surface area (Å²) >= 11 is 1.60. The first-order valence-electron chi connectivity index (χ1n) is 5.63. The molecule has 4 nitrogen and oxygen atoms in total. The summed E-state index contributed by atoms with van der Waals surface area (Å²) in [5, 5.41) is 8.05. The van der Waals surface area contributed by atoms with Crippen LogP contribution in [0.3, 0.4) is 0 Å². The molecule has 0 saturated carbocycles. The number of aromatic amines is 1. The van der Waals surface area contributed by atoms with Crippen LogP contribution in [0.1, 0.15) is 18.9 Å². The van der Waals surface area contributed by atoms with Crippen LogP contribution in [-0.4, -0.2) is 21.6 Å². The fourth-order valence-electron chi connectivity index (χ4n) is 1.58. The third-order valence-electron chi connectivity index (χ3n) is 2.54. The topological polar surface area (TPSA) is 78.6 Å². The van der Waals surface area contributed by atoms with E-state index in [0.717, 1.165) is 28.4 Å². The van der Waals surface area contributed by atoms with Crippen molar-refractivity contribution in [3.63, 3.8) is 0 Å². The Hall–Kier alpha value is -1.49. The lowest BCUT2D eigenvalue weighted by Gasteiger charge is -1.95. The van der Waals surface area contributed by atoms with Gasteiger partial charge in [-0.15, -0.1) is 0 Å². The van der Waals surface area contributed by atoms with Crippen LogP contribution >= 0.6 is 11.8 Å². The number of nitrogens with one attached hydrogen (secondary N) is 2. The Labute approximate surface area is 105 Å². The molecule has 1 heterocycles. The molecule has 0 aliphatic rings. The highest BCUT2D eigenvalue weighted by molar-refractivity contribution is 7.99. The van der Waals surface area contributed by atoms with Crippen molar-refractivity contribution in [1.29, 1.82) is 5.41 Å². The van der Waals surface area contributed by atoms with E-state index in [4.69, 9.17) is 11.1 Å². The minimum absolute atomic E-state index is 0.224. The van der Waals surface area contributed by atoms with Gasteiger partial charge in [0.05, 0.1) is 16.9 Å². The number of thioether (sulfide) groups is 1. The van der Waals surface area contributed by atoms with Gasteiger partial charge in [0.2, 0.25) is 0 Å². The fraction of sp³-hybridized carbons (Fsp3) is 0.333. The molecular weight excluding hydrogens is 232 g/mol. The Kier molecular flexibility index (Phi) is 3.68. The number of fused-ring (bicyclic) bond motifs is 1. The van der Waals surface area contributed by atoms with Crippen molar-refractivity contribution in [1.82, 2.24) is 9.97 Å². The molecule has 0 atom stereocenters. The van der Waals surface area contributed by atoms with Gasteiger partial charge >= 0.3 is 0 Å². The lowest BCUT2D eigenvalue weighted by atomic mass is 10.1. The number of amidine groups is 1. The van der Waals surface area contributed by atoms with Crippen LogP contribution in [0.15, 0.2) is 23.4 Å². The fourth-order valence-corrected chi connectivity index (χ4v) is 2.44. The van der Waals surface area contributed by atoms with Gasteiger partial charge in [0.25, 0.3) is 0 Å². The summed E-state index contributed by atoms with van der Waals surface area (Å²) in [4.78, 5) is 7.77. The summed E-state index contributed by atoms with van der Waals surface area (Å²) in [6, 6.07) is 6.28. The molecule has 0 bridgehead atoms. The second kappa shape index (κ2) is 5.23. The van der Waals surface area contributed by atoms with Gasteiger partial charge in [0, 0.05) is 12.2 Å². The van der Waals surface area contributed by atoms with E-state index in [1.807, 2.05) is 6.07 Å². The largest absolute Gasteiger partial charge is 0.388 e. The van der Waals surface area contributed by atoms with Crippen LogP contribution in [0.5, 0.6) is 0 Å². The summed E-state index contributed by atoms with van der Waals surface area (Å²) < 4.78 is 0. The number of imidazole rings is 1. The zero-order valence-electron chi connectivity index (χ0n) is 9.79. The normalized spacial score (nSPS) is 10.9. The van der Waals surface area contributed by atoms with E-state index in [9.17, 15) is 0 Å². The highest BCUT2D eigenvalue weighted by atomic mass is 32.2.